The van der Waals surface area contributed by atoms with E-state index in [0.29, 0.717) is 23.9 Å². The van der Waals surface area contributed by atoms with Crippen LogP contribution in [0.4, 0.5) is 6.01 Å². The molecule has 1 fully saturated rings. The fourth-order valence-corrected chi connectivity index (χ4v) is 4.43. The Hall–Kier alpha value is -3.75. The van der Waals surface area contributed by atoms with Crippen LogP contribution < -0.4 is 4.90 Å². The number of nitrogens with zero attached hydrogens (tertiary/aromatic N) is 7. The van der Waals surface area contributed by atoms with Gasteiger partial charge in [-0.15, -0.1) is 4.80 Å². The van der Waals surface area contributed by atoms with Gasteiger partial charge in [-0.05, 0) is 50.5 Å². The molecule has 3 aromatic heterocycles. The van der Waals surface area contributed by atoms with Crippen molar-refractivity contribution in [1.29, 1.82) is 0 Å². The summed E-state index contributed by atoms with van der Waals surface area (Å²) in [6.07, 6.45) is 6.70. The van der Waals surface area contributed by atoms with Crippen LogP contribution >= 0.6 is 0 Å². The Bertz CT molecular complexity index is 1220. The molecule has 0 radical (unpaired) electrons. The molecule has 0 N–H and O–H groups in total. The van der Waals surface area contributed by atoms with E-state index in [9.17, 15) is 4.79 Å². The zero-order chi connectivity index (χ0) is 22.2. The number of anilines is 1. The number of benzene rings is 1. The summed E-state index contributed by atoms with van der Waals surface area (Å²) < 4.78 is 5.97. The molecule has 1 aromatic carbocycles. The molecule has 0 bridgehead atoms. The molecule has 1 amide bonds. The Morgan fingerprint density at radius 3 is 2.78 bits per heavy atom. The number of rotatable bonds is 4. The van der Waals surface area contributed by atoms with Crippen LogP contribution in [0, 0.1) is 6.92 Å². The maximum absolute atomic E-state index is 13.6. The van der Waals surface area contributed by atoms with Crippen molar-refractivity contribution < 1.29 is 9.21 Å². The molecule has 5 rings (SSSR count). The molecule has 1 aliphatic rings. The number of para-hydroxylation sites is 2. The van der Waals surface area contributed by atoms with Crippen LogP contribution in [0.25, 0.3) is 16.8 Å². The number of pyridine rings is 1. The van der Waals surface area contributed by atoms with Gasteiger partial charge >= 0.3 is 0 Å². The average molecular weight is 432 g/mol. The van der Waals surface area contributed by atoms with E-state index < -0.39 is 0 Å². The number of aromatic nitrogens is 5. The van der Waals surface area contributed by atoms with Gasteiger partial charge in [0.15, 0.2) is 11.3 Å². The highest BCUT2D eigenvalue weighted by Gasteiger charge is 2.36. The van der Waals surface area contributed by atoms with E-state index >= 15 is 0 Å². The number of hydrogen-bond acceptors (Lipinski definition) is 7. The topological polar surface area (TPSA) is 93.2 Å². The molecule has 1 aliphatic heterocycles. The standard InChI is InChI=1S/C23H25N7O2/c1-15-13-19(30-25-10-11-26-30)21(24-14-15)22(31)29-12-6-8-18(16(29)2)28(3)23-27-17-7-4-5-9-20(17)32-23/h4-5,7,9-11,13-14,16,18H,6,8,12H2,1-3H3/t16-,18+/m0/s1. The van der Waals surface area contributed by atoms with Gasteiger partial charge in [0.25, 0.3) is 11.9 Å². The number of likely N-dealkylation sites (N-methyl/N-ethyl adjacent to an activating group) is 1. The second-order valence-electron chi connectivity index (χ2n) is 8.22. The summed E-state index contributed by atoms with van der Waals surface area (Å²) in [6.45, 7) is 4.67. The van der Waals surface area contributed by atoms with Gasteiger partial charge in [-0.1, -0.05) is 12.1 Å². The van der Waals surface area contributed by atoms with Crippen LogP contribution in [-0.4, -0.2) is 61.4 Å². The summed E-state index contributed by atoms with van der Waals surface area (Å²) >= 11 is 0. The van der Waals surface area contributed by atoms with E-state index in [-0.39, 0.29) is 18.0 Å². The van der Waals surface area contributed by atoms with E-state index in [1.54, 1.807) is 18.6 Å². The summed E-state index contributed by atoms with van der Waals surface area (Å²) in [5, 5.41) is 8.41. The fraction of sp³-hybridized carbons (Fsp3) is 0.348. The van der Waals surface area contributed by atoms with Crippen molar-refractivity contribution in [3.05, 3.63) is 60.2 Å². The van der Waals surface area contributed by atoms with E-state index in [4.69, 9.17) is 4.42 Å². The van der Waals surface area contributed by atoms with Crippen molar-refractivity contribution >= 4 is 23.0 Å². The number of oxazole rings is 1. The summed E-state index contributed by atoms with van der Waals surface area (Å²) in [6, 6.07) is 10.2. The molecular weight excluding hydrogens is 406 g/mol. The minimum absolute atomic E-state index is 0.0576. The molecule has 9 nitrogen and oxygen atoms in total. The smallest absolute Gasteiger partial charge is 0.298 e. The van der Waals surface area contributed by atoms with E-state index in [2.05, 4.69) is 27.1 Å². The van der Waals surface area contributed by atoms with Crippen molar-refractivity contribution in [1.82, 2.24) is 29.9 Å². The van der Waals surface area contributed by atoms with Gasteiger partial charge in [-0.25, -0.2) is 4.98 Å². The summed E-state index contributed by atoms with van der Waals surface area (Å²) in [7, 11) is 1.98. The summed E-state index contributed by atoms with van der Waals surface area (Å²) in [4.78, 5) is 28.1. The predicted octanol–water partition coefficient (Wildman–Crippen LogP) is 3.24. The number of hydrogen-bond donors (Lipinski definition) is 0. The van der Waals surface area contributed by atoms with Crippen molar-refractivity contribution in [3.63, 3.8) is 0 Å². The number of fused-ring (bicyclic) bond motifs is 1. The third kappa shape index (κ3) is 3.49. The number of carbonyl (C=O) groups excluding carboxylic acids is 1. The first-order chi connectivity index (χ1) is 15.5. The van der Waals surface area contributed by atoms with Gasteiger partial charge < -0.3 is 14.2 Å². The molecule has 0 saturated carbocycles. The van der Waals surface area contributed by atoms with E-state index in [1.165, 1.54) is 4.80 Å². The number of likely N-dealkylation sites (tertiary alicyclic amines) is 1. The SMILES string of the molecule is Cc1cnc(C(=O)N2CCC[C@@H](N(C)c3nc4ccccc4o3)[C@@H]2C)c(-n2nccn2)c1. The Balaban J connectivity index is 1.43. The predicted molar refractivity (Wildman–Crippen MR) is 120 cm³/mol. The first-order valence-corrected chi connectivity index (χ1v) is 10.8. The van der Waals surface area contributed by atoms with Crippen molar-refractivity contribution in [3.8, 4) is 5.69 Å². The lowest BCUT2D eigenvalue weighted by molar-refractivity contribution is 0.0593. The van der Waals surface area contributed by atoms with Crippen LogP contribution in [0.5, 0.6) is 0 Å². The Labute approximate surface area is 185 Å². The molecule has 164 valence electrons. The van der Waals surface area contributed by atoms with Gasteiger partial charge in [-0.3, -0.25) is 4.79 Å². The van der Waals surface area contributed by atoms with E-state index in [0.717, 1.165) is 29.5 Å². The molecule has 0 unspecified atom stereocenters. The lowest BCUT2D eigenvalue weighted by atomic mass is 9.95. The van der Waals surface area contributed by atoms with Crippen LogP contribution in [-0.2, 0) is 0 Å². The molecule has 0 spiro atoms. The minimum Gasteiger partial charge on any atom is -0.423 e. The van der Waals surface area contributed by atoms with Crippen LogP contribution in [0.15, 0.2) is 53.3 Å². The largest absolute Gasteiger partial charge is 0.423 e. The fourth-order valence-electron chi connectivity index (χ4n) is 4.43. The van der Waals surface area contributed by atoms with Gasteiger partial charge in [0.1, 0.15) is 11.2 Å². The third-order valence-corrected chi connectivity index (χ3v) is 6.13. The highest BCUT2D eigenvalue weighted by atomic mass is 16.4. The normalized spacial score (nSPS) is 18.8. The zero-order valence-electron chi connectivity index (χ0n) is 18.3. The number of aryl methyl sites for hydroxylation is 1. The average Bonchev–Trinajstić information content (AvgIpc) is 3.48. The molecule has 2 atom stereocenters. The molecule has 4 aromatic rings. The number of piperidine rings is 1. The molecule has 9 heteroatoms. The molecule has 4 heterocycles. The van der Waals surface area contributed by atoms with E-state index in [1.807, 2.05) is 54.1 Å². The third-order valence-electron chi connectivity index (χ3n) is 6.13. The lowest BCUT2D eigenvalue weighted by Gasteiger charge is -2.42. The van der Waals surface area contributed by atoms with Gasteiger partial charge in [0.05, 0.1) is 18.4 Å². The minimum atomic E-state index is -0.125. The zero-order valence-corrected chi connectivity index (χ0v) is 18.3. The van der Waals surface area contributed by atoms with Crippen molar-refractivity contribution in [2.45, 2.75) is 38.8 Å². The molecule has 32 heavy (non-hydrogen) atoms. The molecule has 1 saturated heterocycles. The second-order valence-corrected chi connectivity index (χ2v) is 8.22. The number of carbonyl (C=O) groups is 1. The van der Waals surface area contributed by atoms with Gasteiger partial charge in [0.2, 0.25) is 0 Å². The maximum Gasteiger partial charge on any atom is 0.298 e. The highest BCUT2D eigenvalue weighted by Crippen LogP contribution is 2.29. The first-order valence-electron chi connectivity index (χ1n) is 10.8. The first kappa shape index (κ1) is 20.2. The Kier molecular flexibility index (Phi) is 5.08. The summed E-state index contributed by atoms with van der Waals surface area (Å²) in [5.41, 5.74) is 3.46. The Morgan fingerprint density at radius 2 is 2.00 bits per heavy atom. The molecule has 0 aliphatic carbocycles. The van der Waals surface area contributed by atoms with Crippen LogP contribution in [0.1, 0.15) is 35.8 Å². The second kappa shape index (κ2) is 8.07. The molecular formula is C23H25N7O2. The Morgan fingerprint density at radius 1 is 1.22 bits per heavy atom. The maximum atomic E-state index is 13.6. The monoisotopic (exact) mass is 431 g/mol. The van der Waals surface area contributed by atoms with Gasteiger partial charge in [-0.2, -0.15) is 15.2 Å². The quantitative estimate of drug-likeness (QED) is 0.490. The van der Waals surface area contributed by atoms with Crippen molar-refractivity contribution in [2.75, 3.05) is 18.5 Å². The highest BCUT2D eigenvalue weighted by molar-refractivity contribution is 5.96. The van der Waals surface area contributed by atoms with Gasteiger partial charge in [0, 0.05) is 25.8 Å². The van der Waals surface area contributed by atoms with Crippen LogP contribution in [0.3, 0.4) is 0 Å². The lowest BCUT2D eigenvalue weighted by Crippen LogP contribution is -2.55. The van der Waals surface area contributed by atoms with Crippen molar-refractivity contribution in [2.24, 2.45) is 0 Å². The number of amides is 1. The van der Waals surface area contributed by atoms with Crippen LogP contribution in [0.2, 0.25) is 0 Å². The summed E-state index contributed by atoms with van der Waals surface area (Å²) in [5.74, 6) is -0.125.